The summed E-state index contributed by atoms with van der Waals surface area (Å²) in [5.41, 5.74) is 3.77. The van der Waals surface area contributed by atoms with Crippen LogP contribution in [0.1, 0.15) is 35.9 Å². The number of hydrogen-bond donors (Lipinski definition) is 0. The van der Waals surface area contributed by atoms with Gasteiger partial charge in [0, 0.05) is 35.7 Å². The van der Waals surface area contributed by atoms with Gasteiger partial charge >= 0.3 is 0 Å². The maximum Gasteiger partial charge on any atom is 0.137 e. The van der Waals surface area contributed by atoms with Crippen LogP contribution in [0.5, 0.6) is 0 Å². The van der Waals surface area contributed by atoms with Crippen LogP contribution in [0.4, 0.5) is 4.39 Å². The summed E-state index contributed by atoms with van der Waals surface area (Å²) in [4.78, 5) is 12.2. The van der Waals surface area contributed by atoms with Gasteiger partial charge in [0.25, 0.3) is 0 Å². The topological polar surface area (TPSA) is 34.9 Å². The van der Waals surface area contributed by atoms with Gasteiger partial charge in [-0.05, 0) is 44.9 Å². The number of ketones is 1. The van der Waals surface area contributed by atoms with E-state index < -0.39 is 0 Å². The van der Waals surface area contributed by atoms with E-state index in [4.69, 9.17) is 11.6 Å². The Balaban J connectivity index is 2.00. The van der Waals surface area contributed by atoms with Crippen LogP contribution in [-0.4, -0.2) is 15.6 Å². The van der Waals surface area contributed by atoms with Gasteiger partial charge in [-0.15, -0.1) is 0 Å². The molecule has 0 aliphatic carbocycles. The molecule has 2 rings (SSSR count). The number of aromatic nitrogens is 2. The quantitative estimate of drug-likeness (QED) is 0.804. The minimum Gasteiger partial charge on any atom is -0.299 e. The molecule has 0 unspecified atom stereocenters. The first kappa shape index (κ1) is 16.7. The van der Waals surface area contributed by atoms with Gasteiger partial charge in [-0.3, -0.25) is 9.48 Å². The zero-order chi connectivity index (χ0) is 16.3. The Hall–Kier alpha value is -1.68. The normalized spacial score (nSPS) is 11.0. The van der Waals surface area contributed by atoms with Gasteiger partial charge in [0.15, 0.2) is 0 Å². The van der Waals surface area contributed by atoms with Gasteiger partial charge < -0.3 is 0 Å². The van der Waals surface area contributed by atoms with Gasteiger partial charge in [-0.25, -0.2) is 4.39 Å². The molecule has 3 nitrogen and oxygen atoms in total. The molecule has 0 saturated heterocycles. The molecular formula is C17H20ClFN2O. The van der Waals surface area contributed by atoms with Crippen LogP contribution < -0.4 is 0 Å². The monoisotopic (exact) mass is 322 g/mol. The van der Waals surface area contributed by atoms with E-state index in [-0.39, 0.29) is 11.6 Å². The van der Waals surface area contributed by atoms with Crippen LogP contribution in [-0.2, 0) is 24.2 Å². The maximum absolute atomic E-state index is 13.0. The van der Waals surface area contributed by atoms with Crippen LogP contribution in [0.2, 0.25) is 5.02 Å². The Bertz CT molecular complexity index is 694. The SMILES string of the molecule is CCn1nc(C)c(CC(=O)CCc2ccc(F)cc2Cl)c1C. The lowest BCUT2D eigenvalue weighted by Crippen LogP contribution is -2.07. The van der Waals surface area contributed by atoms with E-state index in [1.54, 1.807) is 6.07 Å². The second-order valence-corrected chi connectivity index (χ2v) is 5.82. The number of carbonyl (C=O) groups excluding carboxylic acids is 1. The highest BCUT2D eigenvalue weighted by atomic mass is 35.5. The molecule has 1 aromatic heterocycles. The first-order valence-corrected chi connectivity index (χ1v) is 7.78. The van der Waals surface area contributed by atoms with Gasteiger partial charge in [-0.2, -0.15) is 5.10 Å². The molecule has 0 atom stereocenters. The number of hydrogen-bond acceptors (Lipinski definition) is 2. The van der Waals surface area contributed by atoms with E-state index in [1.165, 1.54) is 12.1 Å². The largest absolute Gasteiger partial charge is 0.299 e. The molecule has 5 heteroatoms. The fourth-order valence-corrected chi connectivity index (χ4v) is 2.84. The standard InChI is InChI=1S/C17H20ClFN2O/c1-4-21-12(3)16(11(2)20-21)10-15(22)8-6-13-5-7-14(19)9-17(13)18/h5,7,9H,4,6,8,10H2,1-3H3. The van der Waals surface area contributed by atoms with Gasteiger partial charge in [0.1, 0.15) is 11.6 Å². The third-order valence-corrected chi connectivity index (χ3v) is 4.24. The number of aryl methyl sites for hydroxylation is 3. The molecule has 1 aromatic carbocycles. The van der Waals surface area contributed by atoms with Crippen molar-refractivity contribution in [2.24, 2.45) is 0 Å². The van der Waals surface area contributed by atoms with Crippen molar-refractivity contribution in [3.05, 3.63) is 51.6 Å². The van der Waals surface area contributed by atoms with E-state index in [9.17, 15) is 9.18 Å². The lowest BCUT2D eigenvalue weighted by Gasteiger charge is -2.05. The van der Waals surface area contributed by atoms with E-state index in [0.717, 1.165) is 29.1 Å². The molecule has 0 fully saturated rings. The highest BCUT2D eigenvalue weighted by molar-refractivity contribution is 6.31. The van der Waals surface area contributed by atoms with Crippen molar-refractivity contribution >= 4 is 17.4 Å². The van der Waals surface area contributed by atoms with Crippen molar-refractivity contribution in [3.63, 3.8) is 0 Å². The number of carbonyl (C=O) groups is 1. The van der Waals surface area contributed by atoms with Crippen molar-refractivity contribution in [3.8, 4) is 0 Å². The molecule has 0 N–H and O–H groups in total. The molecule has 118 valence electrons. The Morgan fingerprint density at radius 2 is 2.09 bits per heavy atom. The number of benzene rings is 1. The molecule has 0 saturated carbocycles. The van der Waals surface area contributed by atoms with Crippen molar-refractivity contribution in [1.82, 2.24) is 9.78 Å². The Morgan fingerprint density at radius 1 is 1.36 bits per heavy atom. The van der Waals surface area contributed by atoms with Crippen LogP contribution in [0.15, 0.2) is 18.2 Å². The predicted octanol–water partition coefficient (Wildman–Crippen LogP) is 4.06. The smallest absolute Gasteiger partial charge is 0.137 e. The summed E-state index contributed by atoms with van der Waals surface area (Å²) < 4.78 is 14.9. The predicted molar refractivity (Wildman–Crippen MR) is 85.8 cm³/mol. The molecule has 0 spiro atoms. The summed E-state index contributed by atoms with van der Waals surface area (Å²) in [5, 5.41) is 4.80. The number of rotatable bonds is 6. The van der Waals surface area contributed by atoms with Crippen molar-refractivity contribution < 1.29 is 9.18 Å². The van der Waals surface area contributed by atoms with E-state index >= 15 is 0 Å². The van der Waals surface area contributed by atoms with Crippen LogP contribution in [0.3, 0.4) is 0 Å². The summed E-state index contributed by atoms with van der Waals surface area (Å²) >= 11 is 5.98. The van der Waals surface area contributed by atoms with Crippen LogP contribution in [0, 0.1) is 19.7 Å². The third kappa shape index (κ3) is 3.74. The molecule has 0 amide bonds. The number of halogens is 2. The summed E-state index contributed by atoms with van der Waals surface area (Å²) in [5.74, 6) is -0.222. The average Bonchev–Trinajstić information content (AvgIpc) is 2.74. The lowest BCUT2D eigenvalue weighted by atomic mass is 10.0. The molecule has 0 radical (unpaired) electrons. The summed E-state index contributed by atoms with van der Waals surface area (Å²) in [6.45, 7) is 6.75. The lowest BCUT2D eigenvalue weighted by molar-refractivity contribution is -0.118. The molecule has 2 aromatic rings. The van der Waals surface area contributed by atoms with E-state index in [0.29, 0.717) is 24.3 Å². The van der Waals surface area contributed by atoms with Crippen molar-refractivity contribution in [1.29, 1.82) is 0 Å². The molecule has 22 heavy (non-hydrogen) atoms. The Kier molecular flexibility index (Phi) is 5.35. The number of Topliss-reactive ketones (excluding diaryl/α,β-unsaturated/α-hetero) is 1. The van der Waals surface area contributed by atoms with E-state index in [2.05, 4.69) is 5.10 Å². The van der Waals surface area contributed by atoms with Crippen LogP contribution >= 0.6 is 11.6 Å². The molecular weight excluding hydrogens is 303 g/mol. The Morgan fingerprint density at radius 3 is 2.68 bits per heavy atom. The van der Waals surface area contributed by atoms with Crippen LogP contribution in [0.25, 0.3) is 0 Å². The van der Waals surface area contributed by atoms with Crippen molar-refractivity contribution in [2.75, 3.05) is 0 Å². The molecule has 0 aliphatic rings. The number of nitrogens with zero attached hydrogens (tertiary/aromatic N) is 2. The second-order valence-electron chi connectivity index (χ2n) is 5.42. The first-order chi connectivity index (χ1) is 10.4. The molecule has 1 heterocycles. The third-order valence-electron chi connectivity index (χ3n) is 3.89. The summed E-state index contributed by atoms with van der Waals surface area (Å²) in [6, 6.07) is 4.28. The molecule has 0 aliphatic heterocycles. The van der Waals surface area contributed by atoms with Gasteiger partial charge in [-0.1, -0.05) is 17.7 Å². The molecule has 0 bridgehead atoms. The van der Waals surface area contributed by atoms with Gasteiger partial charge in [0.2, 0.25) is 0 Å². The summed E-state index contributed by atoms with van der Waals surface area (Å²) in [6.07, 6.45) is 1.30. The summed E-state index contributed by atoms with van der Waals surface area (Å²) in [7, 11) is 0. The van der Waals surface area contributed by atoms with Crippen molar-refractivity contribution in [2.45, 2.75) is 46.6 Å². The minimum atomic E-state index is -0.363. The zero-order valence-electron chi connectivity index (χ0n) is 13.1. The highest BCUT2D eigenvalue weighted by Crippen LogP contribution is 2.20. The first-order valence-electron chi connectivity index (χ1n) is 7.40. The fraction of sp³-hybridized carbons (Fsp3) is 0.412. The van der Waals surface area contributed by atoms with Gasteiger partial charge in [0.05, 0.1) is 5.69 Å². The van der Waals surface area contributed by atoms with E-state index in [1.807, 2.05) is 25.5 Å². The zero-order valence-corrected chi connectivity index (χ0v) is 13.9. The average molecular weight is 323 g/mol. The fourth-order valence-electron chi connectivity index (χ4n) is 2.58. The highest BCUT2D eigenvalue weighted by Gasteiger charge is 2.14. The maximum atomic E-state index is 13.0. The second kappa shape index (κ2) is 7.05. The Labute approximate surface area is 135 Å². The minimum absolute atomic E-state index is 0.141.